The largest absolute Gasteiger partial charge is 0.416 e. The minimum atomic E-state index is -4.79. The molecule has 1 aromatic carbocycles. The number of benzene rings is 1. The number of hydrogen-bond acceptors (Lipinski definition) is 4. The van der Waals surface area contributed by atoms with E-state index in [0.29, 0.717) is 12.1 Å². The van der Waals surface area contributed by atoms with Crippen molar-refractivity contribution in [2.24, 2.45) is 5.73 Å². The van der Waals surface area contributed by atoms with Gasteiger partial charge in [-0.15, -0.1) is 0 Å². The van der Waals surface area contributed by atoms with E-state index in [1.54, 1.807) is 0 Å². The molecule has 1 aliphatic carbocycles. The molecule has 2 rings (SSSR count). The molecule has 0 radical (unpaired) electrons. The van der Waals surface area contributed by atoms with Crippen LogP contribution in [0, 0.1) is 0 Å². The van der Waals surface area contributed by atoms with E-state index in [9.17, 15) is 34.8 Å². The lowest BCUT2D eigenvalue weighted by molar-refractivity contribution is -0.179. The van der Waals surface area contributed by atoms with Gasteiger partial charge >= 0.3 is 12.4 Å². The lowest BCUT2D eigenvalue weighted by Gasteiger charge is -2.36. The Labute approximate surface area is 163 Å². The van der Waals surface area contributed by atoms with Crippen molar-refractivity contribution in [3.05, 3.63) is 29.8 Å². The number of hydrogen-bond donors (Lipinski definition) is 2. The maximum atomic E-state index is 15.2. The van der Waals surface area contributed by atoms with Crippen LogP contribution in [-0.2, 0) is 16.0 Å². The van der Waals surface area contributed by atoms with Crippen LogP contribution in [0.4, 0.5) is 30.7 Å². The van der Waals surface area contributed by atoms with Crippen molar-refractivity contribution in [1.29, 1.82) is 0 Å². The zero-order chi connectivity index (χ0) is 22.3. The van der Waals surface area contributed by atoms with Crippen molar-refractivity contribution < 1.29 is 39.2 Å². The molecular formula is C17H21F7N2O2S. The van der Waals surface area contributed by atoms with E-state index < -0.39 is 68.6 Å². The summed E-state index contributed by atoms with van der Waals surface area (Å²) in [7, 11) is -4.73. The van der Waals surface area contributed by atoms with Crippen molar-refractivity contribution in [3.8, 4) is 0 Å². The van der Waals surface area contributed by atoms with Crippen molar-refractivity contribution in [3.63, 3.8) is 0 Å². The number of nitrogens with one attached hydrogen (secondary N) is 1. The Hall–Kier alpha value is -1.40. The van der Waals surface area contributed by atoms with Gasteiger partial charge in [-0.3, -0.25) is 0 Å². The number of sulfone groups is 1. The van der Waals surface area contributed by atoms with E-state index in [1.807, 2.05) is 0 Å². The summed E-state index contributed by atoms with van der Waals surface area (Å²) in [6, 6.07) is 2.23. The van der Waals surface area contributed by atoms with Crippen LogP contribution < -0.4 is 11.1 Å². The topological polar surface area (TPSA) is 72.2 Å². The van der Waals surface area contributed by atoms with Gasteiger partial charge in [0.2, 0.25) is 14.8 Å². The smallest absolute Gasteiger partial charge is 0.317 e. The third kappa shape index (κ3) is 5.02. The lowest BCUT2D eigenvalue weighted by atomic mass is 9.92. The summed E-state index contributed by atoms with van der Waals surface area (Å²) >= 11 is 0. The number of halogens is 7. The second kappa shape index (κ2) is 7.69. The number of alkyl halides is 7. The summed E-state index contributed by atoms with van der Waals surface area (Å²) < 4.78 is 117. The summed E-state index contributed by atoms with van der Waals surface area (Å²) in [5, 5.41) is -0.229. The van der Waals surface area contributed by atoms with E-state index in [-0.39, 0.29) is 12.8 Å². The molecule has 0 bridgehead atoms. The van der Waals surface area contributed by atoms with Gasteiger partial charge in [-0.05, 0) is 50.8 Å². The van der Waals surface area contributed by atoms with Crippen LogP contribution in [0.1, 0.15) is 38.2 Å². The third-order valence-electron chi connectivity index (χ3n) is 5.09. The highest BCUT2D eigenvalue weighted by Gasteiger charge is 2.50. The zero-order valence-corrected chi connectivity index (χ0v) is 16.2. The standard InChI is InChI=1S/C17H21F7N2O2S/c1-14(25,17(22,23)24)10-26-12-5-7-15(18,8-6-12)29(27,28)13-4-2-3-11(9-13)16(19,20)21/h2-4,9,12,26H,5-8,10,25H2,1H3/t12-,14?,15+. The lowest BCUT2D eigenvalue weighted by Crippen LogP contribution is -2.59. The molecule has 4 nitrogen and oxygen atoms in total. The van der Waals surface area contributed by atoms with Crippen molar-refractivity contribution >= 4 is 9.84 Å². The van der Waals surface area contributed by atoms with E-state index >= 15 is 4.39 Å². The Bertz CT molecular complexity index is 827. The predicted octanol–water partition coefficient (Wildman–Crippen LogP) is 3.96. The second-order valence-corrected chi connectivity index (χ2v) is 9.69. The monoisotopic (exact) mass is 450 g/mol. The molecule has 166 valence electrons. The highest BCUT2D eigenvalue weighted by molar-refractivity contribution is 7.92. The van der Waals surface area contributed by atoms with Crippen LogP contribution in [-0.4, -0.2) is 37.7 Å². The number of nitrogens with two attached hydrogens (primary N) is 1. The summed E-state index contributed by atoms with van der Waals surface area (Å²) in [5.74, 6) is 0. The van der Waals surface area contributed by atoms with Crippen LogP contribution >= 0.6 is 0 Å². The van der Waals surface area contributed by atoms with Crippen LogP contribution in [0.15, 0.2) is 29.2 Å². The van der Waals surface area contributed by atoms with Crippen LogP contribution in [0.2, 0.25) is 0 Å². The first-order chi connectivity index (χ1) is 13.0. The molecule has 0 amide bonds. The highest BCUT2D eigenvalue weighted by atomic mass is 32.2. The Morgan fingerprint density at radius 3 is 2.17 bits per heavy atom. The molecule has 0 aliphatic heterocycles. The van der Waals surface area contributed by atoms with E-state index in [2.05, 4.69) is 5.32 Å². The van der Waals surface area contributed by atoms with Crippen LogP contribution in [0.5, 0.6) is 0 Å². The van der Waals surface area contributed by atoms with E-state index in [4.69, 9.17) is 5.73 Å². The average Bonchev–Trinajstić information content (AvgIpc) is 2.59. The summed E-state index contributed by atoms with van der Waals surface area (Å²) in [4.78, 5) is -0.784. The predicted molar refractivity (Wildman–Crippen MR) is 91.4 cm³/mol. The van der Waals surface area contributed by atoms with Gasteiger partial charge in [-0.2, -0.15) is 26.3 Å². The average molecular weight is 450 g/mol. The van der Waals surface area contributed by atoms with Gasteiger partial charge in [0.05, 0.1) is 10.5 Å². The van der Waals surface area contributed by atoms with Crippen LogP contribution in [0.25, 0.3) is 0 Å². The zero-order valence-electron chi connectivity index (χ0n) is 15.4. The summed E-state index contributed by atoms with van der Waals surface area (Å²) in [6.07, 6.45) is -10.8. The molecule has 0 spiro atoms. The van der Waals surface area contributed by atoms with Crippen molar-refractivity contribution in [2.75, 3.05) is 6.54 Å². The molecule has 0 saturated heterocycles. The molecule has 1 aliphatic rings. The molecule has 1 unspecified atom stereocenters. The highest BCUT2D eigenvalue weighted by Crippen LogP contribution is 2.41. The van der Waals surface area contributed by atoms with Crippen molar-refractivity contribution in [1.82, 2.24) is 5.32 Å². The van der Waals surface area contributed by atoms with Crippen LogP contribution in [0.3, 0.4) is 0 Å². The second-order valence-electron chi connectivity index (χ2n) is 7.48. The molecule has 12 heteroatoms. The maximum Gasteiger partial charge on any atom is 0.416 e. The molecule has 29 heavy (non-hydrogen) atoms. The fraction of sp³-hybridized carbons (Fsp3) is 0.647. The number of rotatable bonds is 5. The Kier molecular flexibility index (Phi) is 6.33. The third-order valence-corrected chi connectivity index (χ3v) is 7.34. The van der Waals surface area contributed by atoms with Gasteiger partial charge in [-0.25, -0.2) is 12.8 Å². The molecule has 3 N–H and O–H groups in total. The molecule has 0 aromatic heterocycles. The van der Waals surface area contributed by atoms with Gasteiger partial charge in [0, 0.05) is 12.6 Å². The SMILES string of the molecule is CC(N)(CN[C@H]1CC[C@@](F)(S(=O)(=O)c2cccc(C(F)(F)F)c2)CC1)C(F)(F)F. The molecule has 1 fully saturated rings. The fourth-order valence-corrected chi connectivity index (χ4v) is 4.76. The molecular weight excluding hydrogens is 429 g/mol. The first kappa shape index (κ1) is 23.9. The van der Waals surface area contributed by atoms with Gasteiger partial charge in [0.25, 0.3) is 0 Å². The Balaban J connectivity index is 2.10. The van der Waals surface area contributed by atoms with Crippen molar-refractivity contribution in [2.45, 2.75) is 66.4 Å². The van der Waals surface area contributed by atoms with Gasteiger partial charge < -0.3 is 11.1 Å². The maximum absolute atomic E-state index is 15.2. The fourth-order valence-electron chi connectivity index (χ4n) is 3.03. The first-order valence-corrected chi connectivity index (χ1v) is 10.2. The molecule has 1 aromatic rings. The van der Waals surface area contributed by atoms with E-state index in [1.165, 1.54) is 0 Å². The Morgan fingerprint density at radius 2 is 1.69 bits per heavy atom. The summed E-state index contributed by atoms with van der Waals surface area (Å²) in [5.41, 5.74) is 1.48. The minimum absolute atomic E-state index is 0.109. The molecule has 1 saturated carbocycles. The van der Waals surface area contributed by atoms with E-state index in [0.717, 1.165) is 19.1 Å². The Morgan fingerprint density at radius 1 is 1.14 bits per heavy atom. The van der Waals surface area contributed by atoms with Gasteiger partial charge in [0.15, 0.2) is 0 Å². The quantitative estimate of drug-likeness (QED) is 0.667. The van der Waals surface area contributed by atoms with Gasteiger partial charge in [-0.1, -0.05) is 6.07 Å². The van der Waals surface area contributed by atoms with Gasteiger partial charge in [0.1, 0.15) is 5.54 Å². The normalized spacial score (nSPS) is 26.2. The first-order valence-electron chi connectivity index (χ1n) is 8.69. The molecule has 1 atom stereocenters. The minimum Gasteiger partial charge on any atom is -0.317 e. The molecule has 0 heterocycles. The summed E-state index contributed by atoms with van der Waals surface area (Å²) in [6.45, 7) is 0.154.